The average molecular weight is 263 g/mol. The van der Waals surface area contributed by atoms with Crippen molar-refractivity contribution >= 4 is 11.7 Å². The number of anilines is 1. The number of likely N-dealkylation sites (tertiary alicyclic amines) is 1. The second kappa shape index (κ2) is 6.49. The highest BCUT2D eigenvalue weighted by Gasteiger charge is 2.18. The molecule has 0 bridgehead atoms. The van der Waals surface area contributed by atoms with Gasteiger partial charge in [0.25, 0.3) is 5.91 Å². The van der Waals surface area contributed by atoms with Crippen LogP contribution in [-0.2, 0) is 0 Å². The van der Waals surface area contributed by atoms with E-state index >= 15 is 0 Å². The molecule has 0 spiro atoms. The number of nitrogens with two attached hydrogens (primary N) is 1. The monoisotopic (exact) mass is 263 g/mol. The van der Waals surface area contributed by atoms with E-state index in [1.54, 1.807) is 23.2 Å². The molecule has 104 valence electrons. The van der Waals surface area contributed by atoms with E-state index < -0.39 is 0 Å². The molecule has 0 atom stereocenters. The largest absolute Gasteiger partial charge is 0.340 e. The molecule has 2 heterocycles. The van der Waals surface area contributed by atoms with Crippen molar-refractivity contribution < 1.29 is 4.79 Å². The summed E-state index contributed by atoms with van der Waals surface area (Å²) in [5.41, 5.74) is 2.97. The van der Waals surface area contributed by atoms with Gasteiger partial charge in [-0.25, -0.2) is 10.8 Å². The molecule has 0 aliphatic carbocycles. The van der Waals surface area contributed by atoms with Crippen LogP contribution in [0, 0.1) is 0 Å². The molecule has 6 heteroatoms. The molecule has 1 amide bonds. The van der Waals surface area contributed by atoms with Gasteiger partial charge < -0.3 is 15.2 Å². The van der Waals surface area contributed by atoms with Crippen LogP contribution in [0.25, 0.3) is 0 Å². The van der Waals surface area contributed by atoms with Gasteiger partial charge in [-0.05, 0) is 38.1 Å². The molecule has 1 aliphatic heterocycles. The highest BCUT2D eigenvalue weighted by atomic mass is 16.2. The number of likely N-dealkylation sites (N-methyl/N-ethyl adjacent to an activating group) is 1. The summed E-state index contributed by atoms with van der Waals surface area (Å²) in [5, 5.41) is 0. The Hall–Kier alpha value is -1.66. The van der Waals surface area contributed by atoms with E-state index in [1.807, 2.05) is 7.05 Å². The number of amides is 1. The van der Waals surface area contributed by atoms with Gasteiger partial charge in [-0.2, -0.15) is 0 Å². The van der Waals surface area contributed by atoms with E-state index in [4.69, 9.17) is 5.84 Å². The predicted molar refractivity (Wildman–Crippen MR) is 74.7 cm³/mol. The maximum Gasteiger partial charge on any atom is 0.257 e. The minimum absolute atomic E-state index is 0.0553. The standard InChI is InChI=1S/C13H21N5O/c1-17(9-10-18-7-2-3-8-18)13(19)11-5-4-6-15-12(11)16-14/h4-6H,2-3,7-10,14H2,1H3,(H,15,16). The molecule has 19 heavy (non-hydrogen) atoms. The lowest BCUT2D eigenvalue weighted by Crippen LogP contribution is -2.35. The average Bonchev–Trinajstić information content (AvgIpc) is 2.97. The van der Waals surface area contributed by atoms with Crippen molar-refractivity contribution in [2.45, 2.75) is 12.8 Å². The fourth-order valence-electron chi connectivity index (χ4n) is 2.30. The summed E-state index contributed by atoms with van der Waals surface area (Å²) in [5.74, 6) is 5.73. The molecular formula is C13H21N5O. The van der Waals surface area contributed by atoms with Gasteiger partial charge in [0.05, 0.1) is 5.56 Å². The Morgan fingerprint density at radius 2 is 2.26 bits per heavy atom. The SMILES string of the molecule is CN(CCN1CCCC1)C(=O)c1cccnc1NN. The lowest BCUT2D eigenvalue weighted by molar-refractivity contribution is 0.0783. The topological polar surface area (TPSA) is 74.5 Å². The van der Waals surface area contributed by atoms with Crippen LogP contribution < -0.4 is 11.3 Å². The van der Waals surface area contributed by atoms with Crippen molar-refractivity contribution in [1.29, 1.82) is 0 Å². The maximum atomic E-state index is 12.3. The Bertz CT molecular complexity index is 431. The Kier molecular flexibility index (Phi) is 4.70. The van der Waals surface area contributed by atoms with Crippen molar-refractivity contribution in [3.05, 3.63) is 23.9 Å². The quantitative estimate of drug-likeness (QED) is 0.599. The number of carbonyl (C=O) groups is 1. The molecule has 6 nitrogen and oxygen atoms in total. The van der Waals surface area contributed by atoms with Crippen molar-refractivity contribution in [2.75, 3.05) is 38.7 Å². The van der Waals surface area contributed by atoms with E-state index in [0.29, 0.717) is 11.4 Å². The minimum Gasteiger partial charge on any atom is -0.340 e. The number of hydrazine groups is 1. The summed E-state index contributed by atoms with van der Waals surface area (Å²) in [7, 11) is 1.81. The molecule has 0 saturated carbocycles. The van der Waals surface area contributed by atoms with Gasteiger partial charge in [0.1, 0.15) is 0 Å². The second-order valence-electron chi connectivity index (χ2n) is 4.82. The molecule has 0 aromatic carbocycles. The summed E-state index contributed by atoms with van der Waals surface area (Å²) >= 11 is 0. The number of nitrogens with one attached hydrogen (secondary N) is 1. The van der Waals surface area contributed by atoms with Crippen molar-refractivity contribution in [3.63, 3.8) is 0 Å². The summed E-state index contributed by atoms with van der Waals surface area (Å²) in [6, 6.07) is 3.47. The first-order valence-corrected chi connectivity index (χ1v) is 6.62. The zero-order valence-corrected chi connectivity index (χ0v) is 11.3. The van der Waals surface area contributed by atoms with E-state index in [-0.39, 0.29) is 5.91 Å². The van der Waals surface area contributed by atoms with Crippen LogP contribution in [0.5, 0.6) is 0 Å². The molecule has 0 unspecified atom stereocenters. The zero-order valence-electron chi connectivity index (χ0n) is 11.3. The molecular weight excluding hydrogens is 242 g/mol. The molecule has 1 saturated heterocycles. The maximum absolute atomic E-state index is 12.3. The van der Waals surface area contributed by atoms with Gasteiger partial charge >= 0.3 is 0 Å². The van der Waals surface area contributed by atoms with Crippen LogP contribution in [0.4, 0.5) is 5.82 Å². The number of carbonyl (C=O) groups excluding carboxylic acids is 1. The molecule has 1 aliphatic rings. The highest BCUT2D eigenvalue weighted by molar-refractivity contribution is 5.98. The van der Waals surface area contributed by atoms with E-state index in [2.05, 4.69) is 15.3 Å². The van der Waals surface area contributed by atoms with Gasteiger partial charge in [-0.3, -0.25) is 4.79 Å². The molecule has 1 fully saturated rings. The third-order valence-electron chi connectivity index (χ3n) is 3.47. The molecule has 1 aromatic heterocycles. The minimum atomic E-state index is -0.0553. The summed E-state index contributed by atoms with van der Waals surface area (Å²) in [6.07, 6.45) is 4.14. The van der Waals surface area contributed by atoms with Crippen molar-refractivity contribution in [3.8, 4) is 0 Å². The van der Waals surface area contributed by atoms with Gasteiger partial charge in [0.2, 0.25) is 0 Å². The van der Waals surface area contributed by atoms with Crippen LogP contribution in [0.1, 0.15) is 23.2 Å². The fourth-order valence-corrected chi connectivity index (χ4v) is 2.30. The number of aromatic nitrogens is 1. The van der Waals surface area contributed by atoms with E-state index in [1.165, 1.54) is 12.8 Å². The third-order valence-corrected chi connectivity index (χ3v) is 3.47. The number of pyridine rings is 1. The number of hydrogen-bond donors (Lipinski definition) is 2. The van der Waals surface area contributed by atoms with Crippen LogP contribution in [0.15, 0.2) is 18.3 Å². The van der Waals surface area contributed by atoms with Crippen LogP contribution in [-0.4, -0.2) is 53.9 Å². The number of nitrogens with zero attached hydrogens (tertiary/aromatic N) is 3. The summed E-state index contributed by atoms with van der Waals surface area (Å²) in [4.78, 5) is 20.4. The Morgan fingerprint density at radius 3 is 2.95 bits per heavy atom. The van der Waals surface area contributed by atoms with Crippen molar-refractivity contribution in [2.24, 2.45) is 5.84 Å². The van der Waals surface area contributed by atoms with Gasteiger partial charge in [-0.15, -0.1) is 0 Å². The second-order valence-corrected chi connectivity index (χ2v) is 4.82. The van der Waals surface area contributed by atoms with Crippen LogP contribution >= 0.6 is 0 Å². The Balaban J connectivity index is 1.94. The van der Waals surface area contributed by atoms with Gasteiger partial charge in [-0.1, -0.05) is 0 Å². The fraction of sp³-hybridized carbons (Fsp3) is 0.538. The van der Waals surface area contributed by atoms with Gasteiger partial charge in [0.15, 0.2) is 5.82 Å². The molecule has 2 rings (SSSR count). The summed E-state index contributed by atoms with van der Waals surface area (Å²) in [6.45, 7) is 3.93. The van der Waals surface area contributed by atoms with Gasteiger partial charge in [0, 0.05) is 26.3 Å². The van der Waals surface area contributed by atoms with E-state index in [0.717, 1.165) is 26.2 Å². The first-order valence-electron chi connectivity index (χ1n) is 6.62. The van der Waals surface area contributed by atoms with Crippen LogP contribution in [0.2, 0.25) is 0 Å². The lowest BCUT2D eigenvalue weighted by Gasteiger charge is -2.22. The van der Waals surface area contributed by atoms with E-state index in [9.17, 15) is 4.79 Å². The molecule has 1 aromatic rings. The lowest BCUT2D eigenvalue weighted by atomic mass is 10.2. The van der Waals surface area contributed by atoms with Crippen molar-refractivity contribution in [1.82, 2.24) is 14.8 Å². The first kappa shape index (κ1) is 13.8. The highest BCUT2D eigenvalue weighted by Crippen LogP contribution is 2.13. The zero-order chi connectivity index (χ0) is 13.7. The number of nitrogen functional groups attached to an aromatic ring is 1. The smallest absolute Gasteiger partial charge is 0.257 e. The predicted octanol–water partition coefficient (Wildman–Crippen LogP) is 0.535. The number of hydrogen-bond acceptors (Lipinski definition) is 5. The number of rotatable bonds is 5. The molecule has 0 radical (unpaired) electrons. The molecule has 3 N–H and O–H groups in total. The third kappa shape index (κ3) is 3.42. The Labute approximate surface area is 113 Å². The summed E-state index contributed by atoms with van der Waals surface area (Å²) < 4.78 is 0. The first-order chi connectivity index (χ1) is 9.22. The normalized spacial score (nSPS) is 15.5. The van der Waals surface area contributed by atoms with Crippen LogP contribution in [0.3, 0.4) is 0 Å². The Morgan fingerprint density at radius 1 is 1.53 bits per heavy atom.